The molecule has 0 spiro atoms. The Morgan fingerprint density at radius 1 is 1.10 bits per heavy atom. The quantitative estimate of drug-likeness (QED) is 0.480. The van der Waals surface area contributed by atoms with Gasteiger partial charge in [0.2, 0.25) is 0 Å². The van der Waals surface area contributed by atoms with Crippen LogP contribution in [0.3, 0.4) is 0 Å². The van der Waals surface area contributed by atoms with E-state index in [1.807, 2.05) is 26.2 Å². The van der Waals surface area contributed by atoms with Crippen LogP contribution in [0.1, 0.15) is 56.6 Å². The molecule has 1 aliphatic carbocycles. The summed E-state index contributed by atoms with van der Waals surface area (Å²) in [6.07, 6.45) is 10.0. The molecule has 3 heterocycles. The van der Waals surface area contributed by atoms with Gasteiger partial charge in [-0.05, 0) is 99.6 Å². The van der Waals surface area contributed by atoms with E-state index in [-0.39, 0.29) is 18.1 Å². The zero-order valence-electron chi connectivity index (χ0n) is 23.0. The lowest BCUT2D eigenvalue weighted by Gasteiger charge is -2.33. The maximum absolute atomic E-state index is 14.5. The second kappa shape index (κ2) is 11.0. The Labute approximate surface area is 229 Å². The Hall–Kier alpha value is -3.39. The minimum absolute atomic E-state index is 0.162. The molecule has 1 amide bonds. The van der Waals surface area contributed by atoms with E-state index in [1.165, 1.54) is 30.7 Å². The minimum Gasteiger partial charge on any atom is -0.373 e. The number of aromatic nitrogens is 1. The molecule has 2 unspecified atom stereocenters. The van der Waals surface area contributed by atoms with Crippen molar-refractivity contribution in [1.29, 1.82) is 0 Å². The SMILES string of the molecule is CNc1ccc(C2CCN(CCCN3C(=O)C(C4=CCC(C)(F)C=C4)(c4ccc(F)cc4)N=C3C)CC2)cn1. The fourth-order valence-corrected chi connectivity index (χ4v) is 5.90. The summed E-state index contributed by atoms with van der Waals surface area (Å²) in [5, 5.41) is 3.06. The first-order valence-electron chi connectivity index (χ1n) is 13.8. The first-order chi connectivity index (χ1) is 18.7. The third kappa shape index (κ3) is 5.53. The number of piperidine rings is 1. The summed E-state index contributed by atoms with van der Waals surface area (Å²) in [7, 11) is 1.87. The molecule has 6 nitrogen and oxygen atoms in total. The predicted octanol–water partition coefficient (Wildman–Crippen LogP) is 5.60. The second-order valence-corrected chi connectivity index (χ2v) is 11.0. The lowest BCUT2D eigenvalue weighted by molar-refractivity contribution is -0.130. The van der Waals surface area contributed by atoms with Crippen molar-refractivity contribution in [2.45, 2.75) is 56.7 Å². The molecule has 1 N–H and O–H groups in total. The first-order valence-corrected chi connectivity index (χ1v) is 13.8. The van der Waals surface area contributed by atoms with Crippen molar-refractivity contribution in [1.82, 2.24) is 14.8 Å². The molecule has 1 saturated heterocycles. The van der Waals surface area contributed by atoms with Gasteiger partial charge in [-0.1, -0.05) is 30.4 Å². The van der Waals surface area contributed by atoms with Gasteiger partial charge in [-0.15, -0.1) is 0 Å². The van der Waals surface area contributed by atoms with Crippen molar-refractivity contribution < 1.29 is 13.6 Å². The number of amides is 1. The monoisotopic (exact) mass is 533 g/mol. The predicted molar refractivity (Wildman–Crippen MR) is 151 cm³/mol. The molecule has 0 bridgehead atoms. The van der Waals surface area contributed by atoms with Gasteiger partial charge < -0.3 is 10.2 Å². The number of rotatable bonds is 8. The van der Waals surface area contributed by atoms with E-state index in [1.54, 1.807) is 29.2 Å². The van der Waals surface area contributed by atoms with E-state index >= 15 is 0 Å². The summed E-state index contributed by atoms with van der Waals surface area (Å²) in [6, 6.07) is 10.1. The highest BCUT2D eigenvalue weighted by Gasteiger charge is 2.51. The topological polar surface area (TPSA) is 60.8 Å². The number of halogens is 2. The van der Waals surface area contributed by atoms with Crippen molar-refractivity contribution in [2.24, 2.45) is 4.99 Å². The number of nitrogens with one attached hydrogen (secondary N) is 1. The normalized spacial score (nSPS) is 26.1. The molecule has 1 fully saturated rings. The van der Waals surface area contributed by atoms with E-state index in [2.05, 4.69) is 21.3 Å². The number of benzene rings is 1. The molecule has 1 aromatic carbocycles. The van der Waals surface area contributed by atoms with E-state index in [0.717, 1.165) is 44.7 Å². The summed E-state index contributed by atoms with van der Waals surface area (Å²) < 4.78 is 28.3. The molecule has 5 rings (SSSR count). The molecular weight excluding hydrogens is 496 g/mol. The van der Waals surface area contributed by atoms with E-state index < -0.39 is 11.2 Å². The highest BCUT2D eigenvalue weighted by molar-refractivity contribution is 6.10. The fourth-order valence-electron chi connectivity index (χ4n) is 5.90. The number of likely N-dealkylation sites (tertiary alicyclic amines) is 1. The molecule has 39 heavy (non-hydrogen) atoms. The van der Waals surface area contributed by atoms with Gasteiger partial charge in [-0.25, -0.2) is 18.8 Å². The smallest absolute Gasteiger partial charge is 0.265 e. The Balaban J connectivity index is 1.23. The van der Waals surface area contributed by atoms with Gasteiger partial charge in [0.15, 0.2) is 5.54 Å². The summed E-state index contributed by atoms with van der Waals surface area (Å²) in [5.41, 5.74) is -0.267. The Bertz CT molecular complexity index is 1280. The van der Waals surface area contributed by atoms with Crippen LogP contribution in [-0.4, -0.2) is 65.4 Å². The number of allylic oxidation sites excluding steroid dienone is 2. The lowest BCUT2D eigenvalue weighted by Crippen LogP contribution is -2.43. The molecule has 2 aliphatic heterocycles. The molecule has 2 atom stereocenters. The number of hydrogen-bond acceptors (Lipinski definition) is 5. The van der Waals surface area contributed by atoms with Gasteiger partial charge >= 0.3 is 0 Å². The standard InChI is InChI=1S/C31H37F2N5O/c1-22-36-31(25-6-8-27(32)9-7-25,26-11-15-30(2,33)16-12-26)29(39)38(22)18-4-17-37-19-13-23(14-20-37)24-5-10-28(34-3)35-21-24/h5-12,15,21,23H,4,13-14,16-20H2,1-3H3,(H,34,35). The summed E-state index contributed by atoms with van der Waals surface area (Å²) >= 11 is 0. The third-order valence-electron chi connectivity index (χ3n) is 8.24. The number of alkyl halides is 1. The van der Waals surface area contributed by atoms with Crippen LogP contribution in [0.2, 0.25) is 0 Å². The van der Waals surface area contributed by atoms with Crippen molar-refractivity contribution in [2.75, 3.05) is 38.5 Å². The van der Waals surface area contributed by atoms with Crippen LogP contribution in [0.4, 0.5) is 14.6 Å². The van der Waals surface area contributed by atoms with Crippen LogP contribution in [0.15, 0.2) is 71.4 Å². The van der Waals surface area contributed by atoms with Crippen LogP contribution in [0.5, 0.6) is 0 Å². The summed E-state index contributed by atoms with van der Waals surface area (Å²) in [6.45, 7) is 6.82. The number of carbonyl (C=O) groups is 1. The van der Waals surface area contributed by atoms with E-state index in [0.29, 0.717) is 29.4 Å². The highest BCUT2D eigenvalue weighted by atomic mass is 19.1. The molecule has 1 aromatic heterocycles. The zero-order chi connectivity index (χ0) is 27.6. The number of carbonyl (C=O) groups excluding carboxylic acids is 1. The van der Waals surface area contributed by atoms with Gasteiger partial charge in [0.25, 0.3) is 5.91 Å². The van der Waals surface area contributed by atoms with Gasteiger partial charge in [-0.3, -0.25) is 9.69 Å². The summed E-state index contributed by atoms with van der Waals surface area (Å²) in [4.78, 5) is 27.6. The van der Waals surface area contributed by atoms with Crippen LogP contribution in [0.25, 0.3) is 0 Å². The number of nitrogens with zero attached hydrogens (tertiary/aromatic N) is 4. The molecular formula is C31H37F2N5O. The number of hydrogen-bond donors (Lipinski definition) is 1. The molecule has 0 saturated carbocycles. The number of anilines is 1. The number of amidine groups is 1. The van der Waals surface area contributed by atoms with Gasteiger partial charge in [0, 0.05) is 26.2 Å². The van der Waals surface area contributed by atoms with Crippen molar-refractivity contribution in [3.8, 4) is 0 Å². The van der Waals surface area contributed by atoms with Gasteiger partial charge in [0.1, 0.15) is 23.1 Å². The number of aliphatic imine (C=N–C) groups is 1. The average Bonchev–Trinajstić information content (AvgIpc) is 3.19. The second-order valence-electron chi connectivity index (χ2n) is 11.0. The van der Waals surface area contributed by atoms with Crippen LogP contribution in [0, 0.1) is 5.82 Å². The van der Waals surface area contributed by atoms with Crippen molar-refractivity contribution >= 4 is 17.6 Å². The van der Waals surface area contributed by atoms with Crippen molar-refractivity contribution in [3.05, 3.63) is 83.3 Å². The Morgan fingerprint density at radius 3 is 2.46 bits per heavy atom. The maximum Gasteiger partial charge on any atom is 0.265 e. The molecule has 3 aliphatic rings. The van der Waals surface area contributed by atoms with Crippen molar-refractivity contribution in [3.63, 3.8) is 0 Å². The fraction of sp³-hybridized carbons (Fsp3) is 0.452. The van der Waals surface area contributed by atoms with Gasteiger partial charge in [0.05, 0.1) is 0 Å². The van der Waals surface area contributed by atoms with Gasteiger partial charge in [-0.2, -0.15) is 0 Å². The third-order valence-corrected chi connectivity index (χ3v) is 8.24. The number of pyridine rings is 1. The average molecular weight is 534 g/mol. The van der Waals surface area contributed by atoms with Crippen LogP contribution in [-0.2, 0) is 10.3 Å². The Kier molecular flexibility index (Phi) is 7.67. The highest BCUT2D eigenvalue weighted by Crippen LogP contribution is 2.43. The van der Waals surface area contributed by atoms with E-state index in [4.69, 9.17) is 4.99 Å². The lowest BCUT2D eigenvalue weighted by atomic mass is 9.78. The van der Waals surface area contributed by atoms with Crippen LogP contribution >= 0.6 is 0 Å². The van der Waals surface area contributed by atoms with E-state index in [9.17, 15) is 13.6 Å². The first kappa shape index (κ1) is 27.2. The molecule has 206 valence electrons. The molecule has 0 radical (unpaired) electrons. The zero-order valence-corrected chi connectivity index (χ0v) is 23.0. The van der Waals surface area contributed by atoms with Crippen LogP contribution < -0.4 is 5.32 Å². The maximum atomic E-state index is 14.5. The Morgan fingerprint density at radius 2 is 1.85 bits per heavy atom. The molecule has 2 aromatic rings. The largest absolute Gasteiger partial charge is 0.373 e. The minimum atomic E-state index is -1.46. The summed E-state index contributed by atoms with van der Waals surface area (Å²) in [5.74, 6) is 1.49. The molecule has 8 heteroatoms.